The third kappa shape index (κ3) is 3.88. The zero-order valence-corrected chi connectivity index (χ0v) is 15.0. The number of hydrogen-bond acceptors (Lipinski definition) is 4. The average Bonchev–Trinajstić information content (AvgIpc) is 3.15. The molecule has 8 heteroatoms. The van der Waals surface area contributed by atoms with Crippen LogP contribution in [0.5, 0.6) is 0 Å². The number of carbonyl (C=O) groups excluding carboxylic acids is 1. The molecule has 0 saturated carbocycles. The number of halogens is 1. The maximum Gasteiger partial charge on any atom is 0.251 e. The number of benzene rings is 1. The number of nitrogens with zero attached hydrogens (tertiary/aromatic N) is 5. The Hall–Kier alpha value is -2.67. The highest BCUT2D eigenvalue weighted by Gasteiger charge is 2.18. The van der Waals surface area contributed by atoms with E-state index in [0.29, 0.717) is 17.3 Å². The van der Waals surface area contributed by atoms with Crippen LogP contribution in [0.2, 0.25) is 5.02 Å². The van der Waals surface area contributed by atoms with Gasteiger partial charge in [-0.3, -0.25) is 14.8 Å². The lowest BCUT2D eigenvalue weighted by Gasteiger charge is -2.10. The zero-order chi connectivity index (χ0) is 18.0. The number of aryl methyl sites for hydroxylation is 2. The lowest BCUT2D eigenvalue weighted by molar-refractivity contribution is -0.119. The minimum absolute atomic E-state index is 0.257. The maximum absolute atomic E-state index is 12.4. The summed E-state index contributed by atoms with van der Waals surface area (Å²) < 4.78 is 3.22. The van der Waals surface area contributed by atoms with Gasteiger partial charge in [0.25, 0.3) is 5.91 Å². The largest absolute Gasteiger partial charge is 0.291 e. The Labute approximate surface area is 150 Å². The van der Waals surface area contributed by atoms with E-state index >= 15 is 0 Å². The SMILES string of the molecule is Cc1ccccc1Cn1cnc(NC(=O)C(C)n2cc(Cl)c(C)n2)n1. The van der Waals surface area contributed by atoms with Crippen LogP contribution in [-0.2, 0) is 11.3 Å². The molecule has 0 saturated heterocycles. The van der Waals surface area contributed by atoms with Crippen LogP contribution in [0.25, 0.3) is 0 Å². The zero-order valence-electron chi connectivity index (χ0n) is 14.3. The Morgan fingerprint density at radius 2 is 2.04 bits per heavy atom. The van der Waals surface area contributed by atoms with E-state index in [1.165, 1.54) is 10.2 Å². The third-order valence-electron chi connectivity index (χ3n) is 4.00. The van der Waals surface area contributed by atoms with Gasteiger partial charge in [-0.25, -0.2) is 9.67 Å². The molecular formula is C17H19ClN6O. The lowest BCUT2D eigenvalue weighted by atomic mass is 10.1. The molecule has 0 aliphatic heterocycles. The van der Waals surface area contributed by atoms with E-state index in [1.807, 2.05) is 31.2 Å². The predicted molar refractivity (Wildman–Crippen MR) is 95.6 cm³/mol. The van der Waals surface area contributed by atoms with Gasteiger partial charge >= 0.3 is 0 Å². The first kappa shape index (κ1) is 17.2. The molecule has 2 heterocycles. The van der Waals surface area contributed by atoms with Crippen LogP contribution in [0.1, 0.15) is 29.8 Å². The number of aromatic nitrogens is 5. The van der Waals surface area contributed by atoms with Crippen molar-refractivity contribution in [1.82, 2.24) is 24.5 Å². The van der Waals surface area contributed by atoms with E-state index in [4.69, 9.17) is 11.6 Å². The second kappa shape index (κ2) is 7.06. The lowest BCUT2D eigenvalue weighted by Crippen LogP contribution is -2.24. The first-order chi connectivity index (χ1) is 11.9. The summed E-state index contributed by atoms with van der Waals surface area (Å²) >= 11 is 5.99. The maximum atomic E-state index is 12.4. The highest BCUT2D eigenvalue weighted by molar-refractivity contribution is 6.31. The fourth-order valence-electron chi connectivity index (χ4n) is 2.38. The van der Waals surface area contributed by atoms with Crippen molar-refractivity contribution in [1.29, 1.82) is 0 Å². The molecule has 3 rings (SSSR count). The highest BCUT2D eigenvalue weighted by atomic mass is 35.5. The van der Waals surface area contributed by atoms with Crippen molar-refractivity contribution in [3.8, 4) is 0 Å². The van der Waals surface area contributed by atoms with Gasteiger partial charge in [0.1, 0.15) is 12.4 Å². The summed E-state index contributed by atoms with van der Waals surface area (Å²) in [5.74, 6) is 0.00761. The van der Waals surface area contributed by atoms with Gasteiger partial charge in [-0.1, -0.05) is 35.9 Å². The summed E-state index contributed by atoms with van der Waals surface area (Å²) in [7, 11) is 0. The summed E-state index contributed by atoms with van der Waals surface area (Å²) in [6, 6.07) is 7.56. The summed E-state index contributed by atoms with van der Waals surface area (Å²) in [4.78, 5) is 16.5. The molecule has 0 bridgehead atoms. The minimum Gasteiger partial charge on any atom is -0.291 e. The second-order valence-electron chi connectivity index (χ2n) is 5.90. The van der Waals surface area contributed by atoms with Gasteiger partial charge in [0, 0.05) is 6.20 Å². The van der Waals surface area contributed by atoms with E-state index in [-0.39, 0.29) is 11.9 Å². The number of carbonyl (C=O) groups is 1. The van der Waals surface area contributed by atoms with E-state index in [9.17, 15) is 4.79 Å². The third-order valence-corrected chi connectivity index (χ3v) is 4.37. The van der Waals surface area contributed by atoms with Gasteiger partial charge in [-0.15, -0.1) is 5.10 Å². The van der Waals surface area contributed by atoms with Crippen molar-refractivity contribution < 1.29 is 4.79 Å². The molecule has 2 aromatic heterocycles. The predicted octanol–water partition coefficient (Wildman–Crippen LogP) is 2.99. The fourth-order valence-corrected chi connectivity index (χ4v) is 2.52. The molecule has 0 spiro atoms. The Bertz CT molecular complexity index is 881. The van der Waals surface area contributed by atoms with Gasteiger partial charge < -0.3 is 0 Å². The molecule has 1 unspecified atom stereocenters. The Morgan fingerprint density at radius 3 is 2.72 bits per heavy atom. The van der Waals surface area contributed by atoms with Crippen LogP contribution in [0.3, 0.4) is 0 Å². The molecule has 25 heavy (non-hydrogen) atoms. The minimum atomic E-state index is -0.519. The number of rotatable bonds is 5. The molecule has 7 nitrogen and oxygen atoms in total. The van der Waals surface area contributed by atoms with Crippen LogP contribution in [0.15, 0.2) is 36.8 Å². The molecule has 1 N–H and O–H groups in total. The second-order valence-corrected chi connectivity index (χ2v) is 6.31. The van der Waals surface area contributed by atoms with Gasteiger partial charge in [0.15, 0.2) is 0 Å². The van der Waals surface area contributed by atoms with Crippen molar-refractivity contribution in [3.05, 3.63) is 58.6 Å². The van der Waals surface area contributed by atoms with Crippen molar-refractivity contribution >= 4 is 23.5 Å². The molecule has 3 aromatic rings. The van der Waals surface area contributed by atoms with E-state index in [2.05, 4.69) is 20.5 Å². The standard InChI is InChI=1S/C17H19ClN6O/c1-11-6-4-5-7-14(11)8-23-10-19-17(22-23)20-16(25)13(3)24-9-15(18)12(2)21-24/h4-7,9-10,13H,8H2,1-3H3,(H,20,22,25). The van der Waals surface area contributed by atoms with Crippen molar-refractivity contribution in [2.45, 2.75) is 33.4 Å². The number of nitrogens with one attached hydrogen (secondary N) is 1. The van der Waals surface area contributed by atoms with E-state index < -0.39 is 6.04 Å². The molecule has 1 amide bonds. The van der Waals surface area contributed by atoms with Gasteiger partial charge in [0.05, 0.1) is 17.3 Å². The Kier molecular flexibility index (Phi) is 4.85. The van der Waals surface area contributed by atoms with Gasteiger partial charge in [0.2, 0.25) is 5.95 Å². The number of amides is 1. The van der Waals surface area contributed by atoms with Crippen LogP contribution < -0.4 is 5.32 Å². The molecular weight excluding hydrogens is 340 g/mol. The van der Waals surface area contributed by atoms with Crippen LogP contribution >= 0.6 is 11.6 Å². The molecule has 1 aromatic carbocycles. The molecule has 130 valence electrons. The van der Waals surface area contributed by atoms with Crippen LogP contribution in [0.4, 0.5) is 5.95 Å². The van der Waals surface area contributed by atoms with Crippen molar-refractivity contribution in [3.63, 3.8) is 0 Å². The average molecular weight is 359 g/mol. The first-order valence-corrected chi connectivity index (χ1v) is 8.28. The highest BCUT2D eigenvalue weighted by Crippen LogP contribution is 2.17. The van der Waals surface area contributed by atoms with Gasteiger partial charge in [-0.2, -0.15) is 5.10 Å². The van der Waals surface area contributed by atoms with E-state index in [0.717, 1.165) is 5.56 Å². The molecule has 0 radical (unpaired) electrons. The molecule has 0 aliphatic rings. The quantitative estimate of drug-likeness (QED) is 0.760. The van der Waals surface area contributed by atoms with E-state index in [1.54, 1.807) is 31.1 Å². The number of anilines is 1. The summed E-state index contributed by atoms with van der Waals surface area (Å²) in [6.07, 6.45) is 3.23. The fraction of sp³-hybridized carbons (Fsp3) is 0.294. The Morgan fingerprint density at radius 1 is 1.28 bits per heavy atom. The molecule has 0 aliphatic carbocycles. The summed E-state index contributed by atoms with van der Waals surface area (Å²) in [5, 5.41) is 11.8. The topological polar surface area (TPSA) is 77.6 Å². The normalized spacial score (nSPS) is 12.2. The summed E-state index contributed by atoms with van der Waals surface area (Å²) in [6.45, 7) is 6.17. The van der Waals surface area contributed by atoms with Crippen LogP contribution in [0, 0.1) is 13.8 Å². The first-order valence-electron chi connectivity index (χ1n) is 7.90. The van der Waals surface area contributed by atoms with Crippen LogP contribution in [-0.4, -0.2) is 30.5 Å². The smallest absolute Gasteiger partial charge is 0.251 e. The summed E-state index contributed by atoms with van der Waals surface area (Å²) in [5.41, 5.74) is 3.02. The molecule has 1 atom stereocenters. The monoisotopic (exact) mass is 358 g/mol. The number of hydrogen-bond donors (Lipinski definition) is 1. The van der Waals surface area contributed by atoms with Crippen molar-refractivity contribution in [2.24, 2.45) is 0 Å². The molecule has 0 fully saturated rings. The van der Waals surface area contributed by atoms with Gasteiger partial charge in [-0.05, 0) is 31.9 Å². The van der Waals surface area contributed by atoms with Crippen molar-refractivity contribution in [2.75, 3.05) is 5.32 Å². The Balaban J connectivity index is 1.66.